The summed E-state index contributed by atoms with van der Waals surface area (Å²) in [6.45, 7) is 11.8. The SMILES string of the molecule is CC1(C)COC(c2ccncc2[Si](C)(C)C)=N1. The third-order valence-electron chi connectivity index (χ3n) is 2.83. The topological polar surface area (TPSA) is 34.5 Å². The van der Waals surface area contributed by atoms with Crippen molar-refractivity contribution < 1.29 is 4.74 Å². The molecule has 0 saturated carbocycles. The van der Waals surface area contributed by atoms with E-state index in [9.17, 15) is 0 Å². The number of ether oxygens (including phenoxy) is 1. The number of aromatic nitrogens is 1. The van der Waals surface area contributed by atoms with Gasteiger partial charge in [0, 0.05) is 18.0 Å². The van der Waals surface area contributed by atoms with Crippen LogP contribution in [0.5, 0.6) is 0 Å². The number of hydrogen-bond donors (Lipinski definition) is 0. The average Bonchev–Trinajstić information content (AvgIpc) is 2.58. The Morgan fingerprint density at radius 2 is 2.00 bits per heavy atom. The molecule has 2 rings (SSSR count). The number of hydrogen-bond acceptors (Lipinski definition) is 3. The molecule has 1 aliphatic rings. The third-order valence-corrected chi connectivity index (χ3v) is 4.84. The first-order chi connectivity index (χ1) is 7.80. The lowest BCUT2D eigenvalue weighted by atomic mass is 10.1. The van der Waals surface area contributed by atoms with E-state index < -0.39 is 8.07 Å². The van der Waals surface area contributed by atoms with Gasteiger partial charge in [0.1, 0.15) is 6.61 Å². The molecule has 0 bridgehead atoms. The van der Waals surface area contributed by atoms with Crippen molar-refractivity contribution in [3.05, 3.63) is 24.0 Å². The largest absolute Gasteiger partial charge is 0.475 e. The highest BCUT2D eigenvalue weighted by molar-refractivity contribution is 6.89. The number of aliphatic imine (C=N–C) groups is 1. The quantitative estimate of drug-likeness (QED) is 0.752. The Hall–Kier alpha value is -1.16. The summed E-state index contributed by atoms with van der Waals surface area (Å²) >= 11 is 0. The van der Waals surface area contributed by atoms with Crippen LogP contribution in [0.25, 0.3) is 0 Å². The third kappa shape index (κ3) is 2.57. The van der Waals surface area contributed by atoms with Crippen LogP contribution >= 0.6 is 0 Å². The van der Waals surface area contributed by atoms with Crippen LogP contribution in [-0.2, 0) is 4.74 Å². The molecule has 0 aliphatic carbocycles. The molecule has 1 aromatic heterocycles. The molecule has 0 unspecified atom stereocenters. The van der Waals surface area contributed by atoms with Crippen molar-refractivity contribution >= 4 is 19.2 Å². The Labute approximate surface area is 104 Å². The molecule has 1 aromatic rings. The van der Waals surface area contributed by atoms with Gasteiger partial charge in [0.15, 0.2) is 0 Å². The Balaban J connectivity index is 2.47. The normalized spacial score (nSPS) is 18.8. The summed E-state index contributed by atoms with van der Waals surface area (Å²) in [5.41, 5.74) is 1.03. The summed E-state index contributed by atoms with van der Waals surface area (Å²) in [5, 5.41) is 1.32. The second kappa shape index (κ2) is 3.94. The Morgan fingerprint density at radius 3 is 2.53 bits per heavy atom. The number of nitrogens with zero attached hydrogens (tertiary/aromatic N) is 2. The van der Waals surface area contributed by atoms with E-state index in [4.69, 9.17) is 4.74 Å². The smallest absolute Gasteiger partial charge is 0.216 e. The van der Waals surface area contributed by atoms with Crippen LogP contribution in [0.1, 0.15) is 19.4 Å². The van der Waals surface area contributed by atoms with Gasteiger partial charge in [-0.15, -0.1) is 0 Å². The van der Waals surface area contributed by atoms with Gasteiger partial charge in [0.25, 0.3) is 0 Å². The fourth-order valence-electron chi connectivity index (χ4n) is 1.90. The average molecular weight is 248 g/mol. The molecule has 4 heteroatoms. The Bertz CT molecular complexity index is 461. The van der Waals surface area contributed by atoms with E-state index in [2.05, 4.69) is 43.5 Å². The summed E-state index contributed by atoms with van der Waals surface area (Å²) < 4.78 is 5.73. The molecular formula is C13H20N2OSi. The van der Waals surface area contributed by atoms with Crippen molar-refractivity contribution in [1.29, 1.82) is 0 Å². The molecule has 1 aliphatic heterocycles. The number of pyridine rings is 1. The molecule has 0 atom stereocenters. The lowest BCUT2D eigenvalue weighted by molar-refractivity contribution is 0.279. The zero-order valence-corrected chi connectivity index (χ0v) is 12.2. The molecule has 0 saturated heterocycles. The van der Waals surface area contributed by atoms with Crippen LogP contribution in [-0.4, -0.2) is 31.1 Å². The van der Waals surface area contributed by atoms with E-state index in [1.807, 2.05) is 18.5 Å². The predicted octanol–water partition coefficient (Wildman–Crippen LogP) is 2.18. The molecular weight excluding hydrogens is 228 g/mol. The standard InChI is InChI=1S/C13H20N2OSi/c1-13(2)9-16-12(15-13)10-6-7-14-8-11(10)17(3,4)5/h6-8H,9H2,1-5H3. The summed E-state index contributed by atoms with van der Waals surface area (Å²) in [5.74, 6) is 0.787. The van der Waals surface area contributed by atoms with Crippen LogP contribution in [0.2, 0.25) is 19.6 Å². The zero-order chi connectivity index (χ0) is 12.7. The van der Waals surface area contributed by atoms with Crippen molar-refractivity contribution in [2.75, 3.05) is 6.61 Å². The van der Waals surface area contributed by atoms with Crippen LogP contribution in [0.4, 0.5) is 0 Å². The van der Waals surface area contributed by atoms with Gasteiger partial charge in [0.2, 0.25) is 5.90 Å². The molecule has 92 valence electrons. The molecule has 0 N–H and O–H groups in total. The minimum absolute atomic E-state index is 0.102. The minimum atomic E-state index is -1.42. The summed E-state index contributed by atoms with van der Waals surface area (Å²) in [4.78, 5) is 8.90. The Morgan fingerprint density at radius 1 is 1.29 bits per heavy atom. The van der Waals surface area contributed by atoms with Crippen LogP contribution in [0.15, 0.2) is 23.5 Å². The van der Waals surface area contributed by atoms with Gasteiger partial charge in [-0.3, -0.25) is 4.98 Å². The van der Waals surface area contributed by atoms with Crippen molar-refractivity contribution in [3.63, 3.8) is 0 Å². The zero-order valence-electron chi connectivity index (χ0n) is 11.2. The second-order valence-corrected chi connectivity index (χ2v) is 11.2. The predicted molar refractivity (Wildman–Crippen MR) is 73.8 cm³/mol. The van der Waals surface area contributed by atoms with E-state index in [-0.39, 0.29) is 5.54 Å². The van der Waals surface area contributed by atoms with Crippen molar-refractivity contribution in [2.24, 2.45) is 4.99 Å². The monoisotopic (exact) mass is 248 g/mol. The molecule has 0 radical (unpaired) electrons. The van der Waals surface area contributed by atoms with E-state index in [0.29, 0.717) is 6.61 Å². The van der Waals surface area contributed by atoms with Crippen molar-refractivity contribution in [3.8, 4) is 0 Å². The molecule has 2 heterocycles. The van der Waals surface area contributed by atoms with Crippen LogP contribution < -0.4 is 5.19 Å². The lowest BCUT2D eigenvalue weighted by Crippen LogP contribution is -2.41. The van der Waals surface area contributed by atoms with Gasteiger partial charge in [-0.25, -0.2) is 4.99 Å². The van der Waals surface area contributed by atoms with Crippen molar-refractivity contribution in [1.82, 2.24) is 4.98 Å². The highest BCUT2D eigenvalue weighted by Crippen LogP contribution is 2.20. The van der Waals surface area contributed by atoms with Gasteiger partial charge >= 0.3 is 0 Å². The summed E-state index contributed by atoms with van der Waals surface area (Å²) in [6.07, 6.45) is 3.79. The second-order valence-electron chi connectivity index (χ2n) is 6.19. The molecule has 3 nitrogen and oxygen atoms in total. The van der Waals surface area contributed by atoms with E-state index in [0.717, 1.165) is 11.5 Å². The maximum atomic E-state index is 5.73. The van der Waals surface area contributed by atoms with E-state index in [1.54, 1.807) is 0 Å². The molecule has 0 amide bonds. The fraction of sp³-hybridized carbons (Fsp3) is 0.538. The molecule has 17 heavy (non-hydrogen) atoms. The van der Waals surface area contributed by atoms with Crippen LogP contribution in [0, 0.1) is 0 Å². The maximum absolute atomic E-state index is 5.73. The first-order valence-electron chi connectivity index (χ1n) is 5.97. The summed E-state index contributed by atoms with van der Waals surface area (Å²) in [6, 6.07) is 2.02. The van der Waals surface area contributed by atoms with Gasteiger partial charge in [-0.1, -0.05) is 19.6 Å². The maximum Gasteiger partial charge on any atom is 0.216 e. The van der Waals surface area contributed by atoms with Crippen LogP contribution in [0.3, 0.4) is 0 Å². The van der Waals surface area contributed by atoms with Crippen molar-refractivity contribution in [2.45, 2.75) is 39.0 Å². The van der Waals surface area contributed by atoms with Gasteiger partial charge in [-0.2, -0.15) is 0 Å². The molecule has 0 fully saturated rings. The first-order valence-corrected chi connectivity index (χ1v) is 9.47. The molecule has 0 spiro atoms. The highest BCUT2D eigenvalue weighted by Gasteiger charge is 2.30. The van der Waals surface area contributed by atoms with Gasteiger partial charge < -0.3 is 4.74 Å². The fourth-order valence-corrected chi connectivity index (χ4v) is 3.36. The lowest BCUT2D eigenvalue weighted by Gasteiger charge is -2.19. The molecule has 0 aromatic carbocycles. The highest BCUT2D eigenvalue weighted by atomic mass is 28.3. The Kier molecular flexibility index (Phi) is 2.85. The minimum Gasteiger partial charge on any atom is -0.475 e. The van der Waals surface area contributed by atoms with Gasteiger partial charge in [-0.05, 0) is 25.1 Å². The van der Waals surface area contributed by atoms with E-state index in [1.165, 1.54) is 5.19 Å². The van der Waals surface area contributed by atoms with Gasteiger partial charge in [0.05, 0.1) is 13.6 Å². The number of rotatable bonds is 2. The first kappa shape index (κ1) is 12.3. The van der Waals surface area contributed by atoms with E-state index >= 15 is 0 Å². The summed E-state index contributed by atoms with van der Waals surface area (Å²) in [7, 11) is -1.42.